The number of methoxy groups -OCH3 is 1. The third kappa shape index (κ3) is 7.37. The van der Waals surface area contributed by atoms with Crippen LogP contribution in [0.1, 0.15) is 26.4 Å². The normalized spacial score (nSPS) is 13.1. The quantitative estimate of drug-likeness (QED) is 0.233. The predicted molar refractivity (Wildman–Crippen MR) is 188 cm³/mol. The molecule has 0 aliphatic carbocycles. The summed E-state index contributed by atoms with van der Waals surface area (Å²) in [5.41, 5.74) is 1.57. The molecule has 10 nitrogen and oxygen atoms in total. The van der Waals surface area contributed by atoms with E-state index >= 15 is 0 Å². The molecule has 12 heteroatoms. The fourth-order valence-electron chi connectivity index (χ4n) is 5.34. The first-order valence-electron chi connectivity index (χ1n) is 15.3. The van der Waals surface area contributed by atoms with Crippen LogP contribution in [0.3, 0.4) is 0 Å². The lowest BCUT2D eigenvalue weighted by atomic mass is 10.1. The number of carbonyl (C=O) groups excluding carboxylic acids is 2. The number of benzene rings is 2. The molecule has 0 atom stereocenters. The molecule has 0 spiro atoms. The van der Waals surface area contributed by atoms with Crippen LogP contribution < -0.4 is 15.6 Å². The minimum atomic E-state index is -0.424. The summed E-state index contributed by atoms with van der Waals surface area (Å²) in [5, 5.41) is 8.02. The molecule has 1 saturated heterocycles. The zero-order valence-electron chi connectivity index (χ0n) is 26.5. The van der Waals surface area contributed by atoms with Crippen molar-refractivity contribution in [3.63, 3.8) is 0 Å². The summed E-state index contributed by atoms with van der Waals surface area (Å²) in [6, 6.07) is 23.4. The molecule has 4 heterocycles. The van der Waals surface area contributed by atoms with Crippen molar-refractivity contribution in [2.75, 3.05) is 45.7 Å². The van der Waals surface area contributed by atoms with Gasteiger partial charge in [-0.25, -0.2) is 0 Å². The molecule has 3 aromatic heterocycles. The molecule has 5 aromatic rings. The van der Waals surface area contributed by atoms with E-state index in [0.717, 1.165) is 23.5 Å². The van der Waals surface area contributed by atoms with Crippen LogP contribution >= 0.6 is 22.9 Å². The van der Waals surface area contributed by atoms with Crippen molar-refractivity contribution in [1.82, 2.24) is 24.1 Å². The molecule has 48 heavy (non-hydrogen) atoms. The first kappa shape index (κ1) is 32.8. The topological polar surface area (TPSA) is 102 Å². The number of nitrogens with one attached hydrogen (secondary N) is 1. The summed E-state index contributed by atoms with van der Waals surface area (Å²) in [6.45, 7) is 3.04. The first-order valence-corrected chi connectivity index (χ1v) is 16.5. The smallest absolute Gasteiger partial charge is 0.283 e. The van der Waals surface area contributed by atoms with Gasteiger partial charge in [0.25, 0.3) is 11.5 Å². The van der Waals surface area contributed by atoms with E-state index in [1.807, 2.05) is 49.5 Å². The number of carbonyl (C=O) groups is 2. The van der Waals surface area contributed by atoms with E-state index in [1.165, 1.54) is 27.7 Å². The number of ether oxygens (including phenoxy) is 1. The van der Waals surface area contributed by atoms with Gasteiger partial charge in [-0.3, -0.25) is 14.4 Å². The maximum atomic E-state index is 14.0. The number of amides is 1. The largest absolute Gasteiger partial charge is 0.496 e. The number of thiophene rings is 1. The number of nitrogens with zero attached hydrogens (tertiary/aromatic N) is 5. The minimum absolute atomic E-state index is 0.111. The number of pyridine rings is 1. The highest BCUT2D eigenvalue weighted by Gasteiger charge is 2.24. The number of anilines is 1. The number of aromatic nitrogens is 3. The highest BCUT2D eigenvalue weighted by molar-refractivity contribution is 7.16. The number of hydrogen-bond donors (Lipinski definition) is 1. The van der Waals surface area contributed by atoms with Crippen LogP contribution in [0.15, 0.2) is 89.9 Å². The van der Waals surface area contributed by atoms with Crippen LogP contribution in [0, 0.1) is 11.8 Å². The summed E-state index contributed by atoms with van der Waals surface area (Å²) in [7, 11) is 3.52. The van der Waals surface area contributed by atoms with Gasteiger partial charge in [-0.15, -0.1) is 11.3 Å². The summed E-state index contributed by atoms with van der Waals surface area (Å²) in [4.78, 5) is 46.1. The fraction of sp³-hybridized carbons (Fsp3) is 0.222. The number of rotatable bonds is 8. The van der Waals surface area contributed by atoms with Crippen LogP contribution in [-0.4, -0.2) is 76.3 Å². The van der Waals surface area contributed by atoms with Crippen LogP contribution in [0.5, 0.6) is 5.75 Å². The average Bonchev–Trinajstić information content (AvgIpc) is 3.73. The van der Waals surface area contributed by atoms with E-state index in [4.69, 9.17) is 21.4 Å². The van der Waals surface area contributed by atoms with E-state index < -0.39 is 11.5 Å². The van der Waals surface area contributed by atoms with E-state index in [-0.39, 0.29) is 18.0 Å². The molecule has 0 saturated carbocycles. The Labute approximate surface area is 287 Å². The summed E-state index contributed by atoms with van der Waals surface area (Å²) in [6.07, 6.45) is 1.58. The summed E-state index contributed by atoms with van der Waals surface area (Å²) >= 11 is 7.58. The van der Waals surface area contributed by atoms with Crippen molar-refractivity contribution in [3.05, 3.63) is 121 Å². The number of piperazine rings is 1. The number of hydrogen-bond acceptors (Lipinski definition) is 8. The van der Waals surface area contributed by atoms with Crippen LogP contribution in [0.4, 0.5) is 5.82 Å². The van der Waals surface area contributed by atoms with E-state index in [1.54, 1.807) is 47.5 Å². The van der Waals surface area contributed by atoms with Gasteiger partial charge in [-0.2, -0.15) is 9.78 Å². The Bertz CT molecular complexity index is 2070. The molecule has 6 rings (SSSR count). The van der Waals surface area contributed by atoms with Gasteiger partial charge < -0.3 is 24.4 Å². The Morgan fingerprint density at radius 1 is 0.979 bits per heavy atom. The molecular formula is C36H33ClN6O4S. The standard InChI is InChI=1S/C36H33ClN6O4S/c1-40-18-20-41(21-19-40)34(44)24-42-17-16-27(28(35(42)45)14-12-25-8-4-3-5-9-25)30-22-33(38-23-26-13-15-32(37)48-26)43(39-30)36(46)29-10-6-7-11-31(29)47-2/h3-11,13,15-17,22,38H,18-21,23-24H2,1-2H3. The molecule has 1 amide bonds. The third-order valence-corrected chi connectivity index (χ3v) is 9.25. The Morgan fingerprint density at radius 3 is 2.46 bits per heavy atom. The van der Waals surface area contributed by atoms with Gasteiger partial charge in [0.1, 0.15) is 18.1 Å². The van der Waals surface area contributed by atoms with E-state index in [2.05, 4.69) is 22.1 Å². The second kappa shape index (κ2) is 14.7. The average molecular weight is 681 g/mol. The number of para-hydroxylation sites is 1. The zero-order valence-corrected chi connectivity index (χ0v) is 28.1. The lowest BCUT2D eigenvalue weighted by molar-refractivity contribution is -0.133. The SMILES string of the molecule is COc1ccccc1C(=O)n1nc(-c2ccn(CC(=O)N3CCN(C)CC3)c(=O)c2C#Cc2ccccc2)cc1NCc1ccc(Cl)s1. The van der Waals surface area contributed by atoms with Crippen LogP contribution in [-0.2, 0) is 17.9 Å². The van der Waals surface area contributed by atoms with Gasteiger partial charge in [0, 0.05) is 54.4 Å². The van der Waals surface area contributed by atoms with E-state index in [0.29, 0.717) is 52.4 Å². The van der Waals surface area contributed by atoms with Crippen LogP contribution in [0.25, 0.3) is 11.3 Å². The molecule has 1 aliphatic rings. The van der Waals surface area contributed by atoms with Gasteiger partial charge >= 0.3 is 0 Å². The Hall–Kier alpha value is -5.15. The van der Waals surface area contributed by atoms with Crippen molar-refractivity contribution in [2.24, 2.45) is 0 Å². The van der Waals surface area contributed by atoms with Crippen LogP contribution in [0.2, 0.25) is 4.34 Å². The van der Waals surface area contributed by atoms with Crippen molar-refractivity contribution in [2.45, 2.75) is 13.1 Å². The highest BCUT2D eigenvalue weighted by Crippen LogP contribution is 2.28. The molecule has 1 fully saturated rings. The lowest BCUT2D eigenvalue weighted by Crippen LogP contribution is -2.48. The zero-order chi connectivity index (χ0) is 33.6. The molecule has 2 aromatic carbocycles. The number of likely N-dealkylation sites (N-methyl/N-ethyl adjacent to an activating group) is 1. The fourth-order valence-corrected chi connectivity index (χ4v) is 6.37. The minimum Gasteiger partial charge on any atom is -0.496 e. The molecule has 0 bridgehead atoms. The van der Waals surface area contributed by atoms with Gasteiger partial charge in [0.05, 0.1) is 34.8 Å². The highest BCUT2D eigenvalue weighted by atomic mass is 35.5. The molecular weight excluding hydrogens is 648 g/mol. The molecule has 0 unspecified atom stereocenters. The van der Waals surface area contributed by atoms with Gasteiger partial charge in [0.2, 0.25) is 5.91 Å². The second-order valence-electron chi connectivity index (χ2n) is 11.2. The first-order chi connectivity index (χ1) is 23.3. The van der Waals surface area contributed by atoms with E-state index in [9.17, 15) is 14.4 Å². The summed E-state index contributed by atoms with van der Waals surface area (Å²) < 4.78 is 8.76. The van der Waals surface area contributed by atoms with Crippen molar-refractivity contribution < 1.29 is 14.3 Å². The van der Waals surface area contributed by atoms with Crippen molar-refractivity contribution in [1.29, 1.82) is 0 Å². The monoisotopic (exact) mass is 680 g/mol. The second-order valence-corrected chi connectivity index (χ2v) is 13.0. The number of halogens is 1. The molecule has 1 aliphatic heterocycles. The van der Waals surface area contributed by atoms with Crippen molar-refractivity contribution in [3.8, 4) is 28.8 Å². The van der Waals surface area contributed by atoms with Gasteiger partial charge in [-0.1, -0.05) is 53.8 Å². The summed E-state index contributed by atoms with van der Waals surface area (Å²) in [5.74, 6) is 6.40. The maximum Gasteiger partial charge on any atom is 0.283 e. The molecule has 0 radical (unpaired) electrons. The maximum absolute atomic E-state index is 14.0. The lowest BCUT2D eigenvalue weighted by Gasteiger charge is -2.32. The third-order valence-electron chi connectivity index (χ3n) is 8.02. The van der Waals surface area contributed by atoms with Crippen molar-refractivity contribution >= 4 is 40.6 Å². The Balaban J connectivity index is 1.42. The molecule has 1 N–H and O–H groups in total. The predicted octanol–water partition coefficient (Wildman–Crippen LogP) is 4.91. The van der Waals surface area contributed by atoms with Gasteiger partial charge in [-0.05, 0) is 49.5 Å². The molecule has 244 valence electrons. The Kier molecular flexibility index (Phi) is 10.1. The van der Waals surface area contributed by atoms with Gasteiger partial charge in [0.15, 0.2) is 0 Å². The Morgan fingerprint density at radius 2 is 1.73 bits per heavy atom.